The van der Waals surface area contributed by atoms with E-state index < -0.39 is 16.5 Å². The molecule has 1 aromatic carbocycles. The molecule has 0 aliphatic carbocycles. The Bertz CT molecular complexity index is 559. The van der Waals surface area contributed by atoms with Gasteiger partial charge in [0.25, 0.3) is 0 Å². The SMILES string of the molecule is COC(=O)C/C(C)=C\N1[Si](C)(C)c2ccccc2[Si]1(C)C. The maximum atomic E-state index is 11.5. The second-order valence-corrected chi connectivity index (χ2v) is 15.5. The largest absolute Gasteiger partial charge is 0.469 e. The number of hydrogen-bond donors (Lipinski definition) is 0. The number of esters is 1. The maximum Gasteiger partial charge on any atom is 0.309 e. The van der Waals surface area contributed by atoms with Crippen molar-refractivity contribution in [2.24, 2.45) is 0 Å². The maximum absolute atomic E-state index is 11.5. The van der Waals surface area contributed by atoms with Gasteiger partial charge in [-0.25, -0.2) is 0 Å². The van der Waals surface area contributed by atoms with Crippen LogP contribution in [0.5, 0.6) is 0 Å². The number of methoxy groups -OCH3 is 1. The topological polar surface area (TPSA) is 29.5 Å². The Hall–Kier alpha value is -1.34. The van der Waals surface area contributed by atoms with Gasteiger partial charge >= 0.3 is 5.97 Å². The van der Waals surface area contributed by atoms with Gasteiger partial charge in [0, 0.05) is 0 Å². The highest BCUT2D eigenvalue weighted by atomic mass is 28.4. The fourth-order valence-electron chi connectivity index (χ4n) is 3.40. The minimum Gasteiger partial charge on any atom is -0.469 e. The highest BCUT2D eigenvalue weighted by Gasteiger charge is 2.50. The molecule has 0 spiro atoms. The summed E-state index contributed by atoms with van der Waals surface area (Å²) in [6, 6.07) is 8.87. The zero-order chi connectivity index (χ0) is 15.8. The molecular weight excluding hydrogens is 294 g/mol. The molecule has 1 heterocycles. The van der Waals surface area contributed by atoms with Crippen LogP contribution in [0.3, 0.4) is 0 Å². The highest BCUT2D eigenvalue weighted by Crippen LogP contribution is 2.27. The van der Waals surface area contributed by atoms with Crippen molar-refractivity contribution in [2.45, 2.75) is 39.5 Å². The minimum atomic E-state index is -1.68. The predicted octanol–water partition coefficient (Wildman–Crippen LogP) is 2.29. The first-order valence-corrected chi connectivity index (χ1v) is 13.2. The van der Waals surface area contributed by atoms with Gasteiger partial charge in [-0.2, -0.15) is 0 Å². The lowest BCUT2D eigenvalue weighted by atomic mass is 10.2. The van der Waals surface area contributed by atoms with Crippen LogP contribution in [0.2, 0.25) is 26.2 Å². The Balaban J connectivity index is 2.42. The van der Waals surface area contributed by atoms with Crippen molar-refractivity contribution in [3.05, 3.63) is 36.0 Å². The molecule has 114 valence electrons. The molecule has 5 heteroatoms. The zero-order valence-electron chi connectivity index (χ0n) is 13.9. The highest BCUT2D eigenvalue weighted by molar-refractivity contribution is 7.10. The quantitative estimate of drug-likeness (QED) is 0.632. The smallest absolute Gasteiger partial charge is 0.309 e. The van der Waals surface area contributed by atoms with Crippen LogP contribution < -0.4 is 10.4 Å². The summed E-state index contributed by atoms with van der Waals surface area (Å²) >= 11 is 0. The van der Waals surface area contributed by atoms with E-state index in [4.69, 9.17) is 4.74 Å². The summed E-state index contributed by atoms with van der Waals surface area (Å²) in [7, 11) is -1.92. The summed E-state index contributed by atoms with van der Waals surface area (Å²) in [5.74, 6) is -0.167. The first-order chi connectivity index (χ1) is 9.71. The van der Waals surface area contributed by atoms with E-state index in [0.29, 0.717) is 6.42 Å². The molecule has 21 heavy (non-hydrogen) atoms. The van der Waals surface area contributed by atoms with Gasteiger partial charge in [0.1, 0.15) is 0 Å². The molecular formula is C16H25NO2Si2. The molecule has 0 radical (unpaired) electrons. The van der Waals surface area contributed by atoms with Crippen molar-refractivity contribution in [1.82, 2.24) is 4.23 Å². The first-order valence-electron chi connectivity index (χ1n) is 7.35. The number of carbonyl (C=O) groups excluding carboxylic acids is 1. The van der Waals surface area contributed by atoms with Gasteiger partial charge < -0.3 is 8.97 Å². The van der Waals surface area contributed by atoms with Crippen LogP contribution in [0.4, 0.5) is 0 Å². The summed E-state index contributed by atoms with van der Waals surface area (Å²) in [6.45, 7) is 11.6. The average molecular weight is 320 g/mol. The molecule has 1 aliphatic heterocycles. The molecule has 0 unspecified atom stereocenters. The van der Waals surface area contributed by atoms with E-state index in [0.717, 1.165) is 5.57 Å². The Labute approximate surface area is 129 Å². The Morgan fingerprint density at radius 3 is 2.05 bits per heavy atom. The Kier molecular flexibility index (Phi) is 4.17. The Morgan fingerprint density at radius 1 is 1.14 bits per heavy atom. The van der Waals surface area contributed by atoms with Gasteiger partial charge in [-0.05, 0) is 55.3 Å². The van der Waals surface area contributed by atoms with Crippen molar-refractivity contribution in [2.75, 3.05) is 7.11 Å². The summed E-state index contributed by atoms with van der Waals surface area (Å²) in [5.41, 5.74) is 1.08. The van der Waals surface area contributed by atoms with Gasteiger partial charge in [0.2, 0.25) is 0 Å². The van der Waals surface area contributed by atoms with Crippen LogP contribution in [0.25, 0.3) is 0 Å². The lowest BCUT2D eigenvalue weighted by molar-refractivity contribution is -0.139. The van der Waals surface area contributed by atoms with Crippen molar-refractivity contribution >= 4 is 32.8 Å². The standard InChI is InChI=1S/C16H25NO2Si2/c1-13(11-16(18)19-2)12-17-20(3,4)14-9-7-8-10-15(14)21(17,5)6/h7-10,12H,11H2,1-6H3/b13-12-. The number of carbonyl (C=O) groups is 1. The van der Waals surface area contributed by atoms with Gasteiger partial charge in [-0.1, -0.05) is 24.3 Å². The number of ether oxygens (including phenoxy) is 1. The van der Waals surface area contributed by atoms with Crippen molar-refractivity contribution < 1.29 is 9.53 Å². The van der Waals surface area contributed by atoms with E-state index in [1.54, 1.807) is 10.4 Å². The molecule has 0 saturated heterocycles. The van der Waals surface area contributed by atoms with Gasteiger partial charge in [0.15, 0.2) is 16.5 Å². The summed E-state index contributed by atoms with van der Waals surface area (Å²) in [5, 5.41) is 3.09. The Morgan fingerprint density at radius 2 is 1.62 bits per heavy atom. The molecule has 0 saturated carbocycles. The average Bonchev–Trinajstić information content (AvgIpc) is 2.57. The van der Waals surface area contributed by atoms with Crippen LogP contribution in [-0.2, 0) is 9.53 Å². The first kappa shape index (κ1) is 16.0. The number of fused-ring (bicyclic) bond motifs is 1. The van der Waals surface area contributed by atoms with Crippen molar-refractivity contribution in [3.8, 4) is 0 Å². The normalized spacial score (nSPS) is 19.3. The van der Waals surface area contributed by atoms with Crippen LogP contribution >= 0.6 is 0 Å². The predicted molar refractivity (Wildman–Crippen MR) is 92.9 cm³/mol. The van der Waals surface area contributed by atoms with Gasteiger partial charge in [-0.3, -0.25) is 4.79 Å². The van der Waals surface area contributed by atoms with Crippen LogP contribution in [0.15, 0.2) is 36.0 Å². The lowest BCUT2D eigenvalue weighted by Crippen LogP contribution is -2.57. The molecule has 0 bridgehead atoms. The third-order valence-electron chi connectivity index (χ3n) is 4.45. The third-order valence-corrected chi connectivity index (χ3v) is 14.2. The van der Waals surface area contributed by atoms with E-state index in [9.17, 15) is 4.79 Å². The van der Waals surface area contributed by atoms with Crippen LogP contribution in [0.1, 0.15) is 13.3 Å². The number of rotatable bonds is 3. The number of benzene rings is 1. The summed E-state index contributed by atoms with van der Waals surface area (Å²) < 4.78 is 7.40. The third kappa shape index (κ3) is 2.72. The van der Waals surface area contributed by atoms with E-state index in [2.05, 4.69) is 60.9 Å². The van der Waals surface area contributed by atoms with E-state index in [1.165, 1.54) is 7.11 Å². The molecule has 0 amide bonds. The fraction of sp³-hybridized carbons (Fsp3) is 0.438. The molecule has 1 aromatic rings. The minimum absolute atomic E-state index is 0.167. The zero-order valence-corrected chi connectivity index (χ0v) is 15.9. The molecule has 0 aromatic heterocycles. The van der Waals surface area contributed by atoms with E-state index in [1.807, 2.05) is 6.92 Å². The monoisotopic (exact) mass is 319 g/mol. The number of nitrogens with zero attached hydrogens (tertiary/aromatic N) is 1. The molecule has 3 nitrogen and oxygen atoms in total. The molecule has 1 aliphatic rings. The summed E-state index contributed by atoms with van der Waals surface area (Å²) in [6.07, 6.45) is 2.60. The van der Waals surface area contributed by atoms with Crippen molar-refractivity contribution in [1.29, 1.82) is 0 Å². The fourth-order valence-corrected chi connectivity index (χ4v) is 15.6. The van der Waals surface area contributed by atoms with E-state index >= 15 is 0 Å². The lowest BCUT2D eigenvalue weighted by Gasteiger charge is -2.39. The second kappa shape index (κ2) is 5.46. The van der Waals surface area contributed by atoms with Crippen LogP contribution in [0, 0.1) is 0 Å². The number of hydrogen-bond acceptors (Lipinski definition) is 3. The van der Waals surface area contributed by atoms with Gasteiger partial charge in [0.05, 0.1) is 13.5 Å². The molecule has 0 N–H and O–H groups in total. The second-order valence-electron chi connectivity index (χ2n) is 6.76. The van der Waals surface area contributed by atoms with Crippen molar-refractivity contribution in [3.63, 3.8) is 0 Å². The molecule has 2 rings (SSSR count). The molecule has 0 fully saturated rings. The summed E-state index contributed by atoms with van der Waals surface area (Å²) in [4.78, 5) is 11.5. The van der Waals surface area contributed by atoms with E-state index in [-0.39, 0.29) is 5.97 Å². The molecule has 0 atom stereocenters. The van der Waals surface area contributed by atoms with Crippen LogP contribution in [-0.4, -0.2) is 33.8 Å². The van der Waals surface area contributed by atoms with Gasteiger partial charge in [-0.15, -0.1) is 0 Å².